The van der Waals surface area contributed by atoms with Crippen molar-refractivity contribution in [2.45, 2.75) is 155 Å². The van der Waals surface area contributed by atoms with Crippen molar-refractivity contribution in [2.75, 3.05) is 31.6 Å². The number of fused-ring (bicyclic) bond motifs is 4. The Balaban J connectivity index is 1.73. The van der Waals surface area contributed by atoms with E-state index in [4.69, 9.17) is 28.9 Å². The topological polar surface area (TPSA) is 202 Å². The van der Waals surface area contributed by atoms with Crippen molar-refractivity contribution in [1.29, 1.82) is 0 Å². The maximum atomic E-state index is 15.7. The Morgan fingerprint density at radius 1 is 0.984 bits per heavy atom. The van der Waals surface area contributed by atoms with Gasteiger partial charge in [0.25, 0.3) is 5.88 Å². The number of nitrogens with zero attached hydrogens (tertiary/aromatic N) is 2. The maximum Gasteiger partial charge on any atom is 0.573 e. The third-order valence-electron chi connectivity index (χ3n) is 12.3. The number of Topliss-reactive ketones (excluding diaryl/α,β-unsaturated/α-hetero) is 2. The van der Waals surface area contributed by atoms with Gasteiger partial charge in [0.1, 0.15) is 29.2 Å². The number of anilines is 1. The molecule has 356 valence electrons. The summed E-state index contributed by atoms with van der Waals surface area (Å²) in [5.74, 6) is -6.57. The molecule has 0 aliphatic heterocycles. The predicted octanol–water partition coefficient (Wildman–Crippen LogP) is 9.59. The molecule has 4 atom stereocenters. The second-order valence-corrected chi connectivity index (χ2v) is 24.1. The van der Waals surface area contributed by atoms with Gasteiger partial charge in [-0.1, -0.05) is 60.8 Å². The number of nitrogens with two attached hydrogens (primary N) is 1. The molecular formula is C45H65F3N4O11Si. The smallest absolute Gasteiger partial charge is 0.507 e. The summed E-state index contributed by atoms with van der Waals surface area (Å²) in [7, 11) is -3.11. The molecule has 1 fully saturated rings. The van der Waals surface area contributed by atoms with E-state index < -0.39 is 90.4 Å². The largest absolute Gasteiger partial charge is 0.573 e. The first kappa shape index (κ1) is 50.4. The SMILES string of the molecule is CCCCOc1noc2c1C(=O)[C@@]1(O[Si](C)(C)C(C)(C)C)C(=O)C3=C(O)c4c(c(OC(F)(F)F)cc(NC(=O)CN(CCCC)C(=O)OC(C)(C)C)c4OCCCC)C[C@H]3C[C@H]1[C@@H]2N. The Bertz CT molecular complexity index is 2120. The summed E-state index contributed by atoms with van der Waals surface area (Å²) in [5.41, 5.74) is 2.51. The van der Waals surface area contributed by atoms with E-state index in [1.807, 2.05) is 54.6 Å². The highest BCUT2D eigenvalue weighted by Crippen LogP contribution is 2.59. The van der Waals surface area contributed by atoms with Crippen LogP contribution in [0, 0.1) is 11.8 Å². The minimum absolute atomic E-state index is 0.00326. The number of alkyl halides is 3. The van der Waals surface area contributed by atoms with Crippen molar-refractivity contribution in [2.24, 2.45) is 17.6 Å². The summed E-state index contributed by atoms with van der Waals surface area (Å²) in [6, 6.07) is -0.198. The normalized spacial score (nSPS) is 21.1. The number of hydrogen-bond acceptors (Lipinski definition) is 13. The molecule has 0 spiro atoms. The quantitative estimate of drug-likeness (QED) is 0.0770. The van der Waals surface area contributed by atoms with Gasteiger partial charge in [0.05, 0.1) is 30.5 Å². The lowest BCUT2D eigenvalue weighted by Crippen LogP contribution is -2.68. The number of aliphatic hydroxyl groups is 1. The Morgan fingerprint density at radius 2 is 1.61 bits per heavy atom. The van der Waals surface area contributed by atoms with Gasteiger partial charge in [-0.25, -0.2) is 4.79 Å². The Morgan fingerprint density at radius 3 is 2.19 bits per heavy atom. The monoisotopic (exact) mass is 922 g/mol. The van der Waals surface area contributed by atoms with Gasteiger partial charge in [-0.2, -0.15) is 0 Å². The van der Waals surface area contributed by atoms with Crippen LogP contribution in [0.3, 0.4) is 0 Å². The summed E-state index contributed by atoms with van der Waals surface area (Å²) in [6.07, 6.45) is -2.69. The Kier molecular flexibility index (Phi) is 15.0. The lowest BCUT2D eigenvalue weighted by atomic mass is 9.57. The highest BCUT2D eigenvalue weighted by molar-refractivity contribution is 6.74. The van der Waals surface area contributed by atoms with Crippen LogP contribution in [0.15, 0.2) is 16.2 Å². The van der Waals surface area contributed by atoms with Gasteiger partial charge in [-0.15, -0.1) is 13.2 Å². The van der Waals surface area contributed by atoms with Crippen molar-refractivity contribution in [1.82, 2.24) is 10.1 Å². The van der Waals surface area contributed by atoms with Gasteiger partial charge < -0.3 is 44.1 Å². The van der Waals surface area contributed by atoms with Gasteiger partial charge in [0.15, 0.2) is 25.4 Å². The van der Waals surface area contributed by atoms with Gasteiger partial charge >= 0.3 is 12.5 Å². The number of carbonyl (C=O) groups excluding carboxylic acids is 4. The fourth-order valence-electron chi connectivity index (χ4n) is 8.09. The predicted molar refractivity (Wildman–Crippen MR) is 234 cm³/mol. The van der Waals surface area contributed by atoms with Crippen LogP contribution in [0.5, 0.6) is 17.4 Å². The average Bonchev–Trinajstić information content (AvgIpc) is 3.60. The molecule has 1 saturated carbocycles. The molecule has 1 heterocycles. The first-order chi connectivity index (χ1) is 29.7. The number of unbranched alkanes of at least 4 members (excludes halogenated alkanes) is 3. The molecule has 0 radical (unpaired) electrons. The van der Waals surface area contributed by atoms with E-state index in [1.54, 1.807) is 20.8 Å². The average molecular weight is 923 g/mol. The van der Waals surface area contributed by atoms with E-state index in [9.17, 15) is 27.9 Å². The molecule has 64 heavy (non-hydrogen) atoms. The summed E-state index contributed by atoms with van der Waals surface area (Å²) in [5, 5.41) is 18.6. The van der Waals surface area contributed by atoms with Gasteiger partial charge in [-0.05, 0) is 82.1 Å². The second-order valence-electron chi connectivity index (χ2n) is 19.4. The van der Waals surface area contributed by atoms with Crippen LogP contribution in [0.1, 0.15) is 141 Å². The summed E-state index contributed by atoms with van der Waals surface area (Å²) in [6.45, 7) is 20.1. The maximum absolute atomic E-state index is 15.7. The van der Waals surface area contributed by atoms with Crippen molar-refractivity contribution < 1.29 is 65.4 Å². The minimum Gasteiger partial charge on any atom is -0.507 e. The molecule has 1 aromatic carbocycles. The lowest BCUT2D eigenvalue weighted by molar-refractivity contribution is -0.275. The first-order valence-electron chi connectivity index (χ1n) is 22.2. The number of nitrogens with one attached hydrogen (secondary N) is 1. The summed E-state index contributed by atoms with van der Waals surface area (Å²) < 4.78 is 77.8. The van der Waals surface area contributed by atoms with E-state index in [1.165, 1.54) is 4.90 Å². The van der Waals surface area contributed by atoms with Crippen LogP contribution in [-0.4, -0.2) is 90.9 Å². The number of amides is 2. The number of ketones is 2. The van der Waals surface area contributed by atoms with E-state index in [2.05, 4.69) is 15.2 Å². The molecular weight excluding hydrogens is 858 g/mol. The first-order valence-corrected chi connectivity index (χ1v) is 25.1. The van der Waals surface area contributed by atoms with Crippen LogP contribution < -0.4 is 25.3 Å². The number of aliphatic hydroxyl groups excluding tert-OH is 1. The third kappa shape index (κ3) is 10.3. The lowest BCUT2D eigenvalue weighted by Gasteiger charge is -2.53. The Labute approximate surface area is 374 Å². The second kappa shape index (κ2) is 19.1. The number of benzene rings is 1. The fourth-order valence-corrected chi connectivity index (χ4v) is 9.54. The fraction of sp³-hybridized carbons (Fsp3) is 0.667. The molecule has 4 N–H and O–H groups in total. The molecule has 15 nitrogen and oxygen atoms in total. The number of halogens is 3. The van der Waals surface area contributed by atoms with Crippen LogP contribution in [0.25, 0.3) is 5.76 Å². The zero-order valence-corrected chi connectivity index (χ0v) is 39.9. The molecule has 1 aromatic heterocycles. The number of aromatic nitrogens is 1. The summed E-state index contributed by atoms with van der Waals surface area (Å²) in [4.78, 5) is 59.1. The minimum atomic E-state index is -5.24. The zero-order chi connectivity index (χ0) is 47.7. The zero-order valence-electron chi connectivity index (χ0n) is 38.9. The van der Waals surface area contributed by atoms with E-state index in [0.29, 0.717) is 32.1 Å². The highest BCUT2D eigenvalue weighted by Gasteiger charge is 2.68. The molecule has 2 amide bonds. The van der Waals surface area contributed by atoms with Crippen LogP contribution in [0.4, 0.5) is 23.7 Å². The van der Waals surface area contributed by atoms with E-state index in [0.717, 1.165) is 12.5 Å². The summed E-state index contributed by atoms with van der Waals surface area (Å²) >= 11 is 0. The van der Waals surface area contributed by atoms with Crippen molar-refractivity contribution in [3.63, 3.8) is 0 Å². The molecule has 3 aliphatic carbocycles. The van der Waals surface area contributed by atoms with Gasteiger partial charge in [-0.3, -0.25) is 19.3 Å². The van der Waals surface area contributed by atoms with Crippen molar-refractivity contribution in [3.8, 4) is 17.4 Å². The standard InChI is InChI=1S/C45H65F3N4O11Si/c1-12-15-18-52(41(57)61-42(4,5)6)24-30(53)50-28-23-29(60-45(46,47)48)26-21-25-22-27-34(49)37-33(40(51-62-37)59-20-17-14-3)39(56)44(27,63-64(10,11)43(7,8)9)38(55)31(25)35(54)32(26)36(28)58-19-16-13-2/h23,25,27,34,54H,12-22,24,49H2,1-11H3,(H,50,53)/t25-,27-,34-,44-/m0/s1. The van der Waals surface area contributed by atoms with Crippen LogP contribution >= 0.6 is 0 Å². The van der Waals surface area contributed by atoms with E-state index in [-0.39, 0.29) is 77.9 Å². The van der Waals surface area contributed by atoms with Crippen LogP contribution in [0.2, 0.25) is 18.1 Å². The number of carbonyl (C=O) groups is 4. The Hall–Kier alpha value is -4.62. The molecule has 0 bridgehead atoms. The van der Waals surface area contributed by atoms with Gasteiger partial charge in [0, 0.05) is 29.7 Å². The van der Waals surface area contributed by atoms with E-state index >= 15 is 9.59 Å². The molecule has 0 unspecified atom stereocenters. The molecule has 2 aromatic rings. The highest BCUT2D eigenvalue weighted by atomic mass is 28.4. The number of ether oxygens (including phenoxy) is 4. The van der Waals surface area contributed by atoms with Crippen LogP contribution in [-0.2, 0) is 25.2 Å². The van der Waals surface area contributed by atoms with Crippen molar-refractivity contribution in [3.05, 3.63) is 34.1 Å². The molecule has 0 saturated heterocycles. The van der Waals surface area contributed by atoms with Crippen molar-refractivity contribution >= 4 is 43.3 Å². The third-order valence-corrected chi connectivity index (χ3v) is 16.7. The molecule has 19 heteroatoms. The number of hydrogen-bond donors (Lipinski definition) is 3. The number of rotatable bonds is 17. The molecule has 3 aliphatic rings. The van der Waals surface area contributed by atoms with Gasteiger partial charge in [0.2, 0.25) is 17.5 Å². The molecule has 5 rings (SSSR count).